The van der Waals surface area contributed by atoms with Crippen LogP contribution in [0.2, 0.25) is 0 Å². The van der Waals surface area contributed by atoms with Crippen LogP contribution in [0.25, 0.3) is 94.7 Å². The third kappa shape index (κ3) is 4.60. The molecule has 5 heteroatoms. The number of rotatable bonds is 5. The molecule has 3 heterocycles. The molecule has 234 valence electrons. The van der Waals surface area contributed by atoms with Crippen LogP contribution in [-0.4, -0.2) is 19.5 Å². The largest absolute Gasteiger partial charge is 0.455 e. The molecule has 0 fully saturated rings. The van der Waals surface area contributed by atoms with E-state index in [-0.39, 0.29) is 46.7 Å². The summed E-state index contributed by atoms with van der Waals surface area (Å²) in [5.74, 6) is 1.27. The van der Waals surface area contributed by atoms with Crippen LogP contribution in [0.3, 0.4) is 0 Å². The summed E-state index contributed by atoms with van der Waals surface area (Å²) in [6.07, 6.45) is 0. The number of aromatic nitrogens is 4. The normalized spacial score (nSPS) is 14.1. The van der Waals surface area contributed by atoms with Crippen molar-refractivity contribution in [3.8, 4) is 51.0 Å². The van der Waals surface area contributed by atoms with Gasteiger partial charge in [0.2, 0.25) is 0 Å². The molecular formula is C45H28N4O. The fraction of sp³-hybridized carbons (Fsp3) is 0. The Morgan fingerprint density at radius 3 is 1.98 bits per heavy atom. The lowest BCUT2D eigenvalue weighted by Gasteiger charge is -2.11. The molecule has 0 saturated carbocycles. The van der Waals surface area contributed by atoms with Crippen LogP contribution in [-0.2, 0) is 0 Å². The summed E-state index contributed by atoms with van der Waals surface area (Å²) in [5.41, 5.74) is 5.10. The summed E-state index contributed by atoms with van der Waals surface area (Å²) in [6.45, 7) is 0. The number of para-hydroxylation sites is 3. The van der Waals surface area contributed by atoms with Crippen LogP contribution in [0.5, 0.6) is 0 Å². The van der Waals surface area contributed by atoms with E-state index in [1.807, 2.05) is 84.9 Å². The Bertz CT molecular complexity index is 3350. The Hall–Kier alpha value is -6.85. The second-order valence-corrected chi connectivity index (χ2v) is 11.8. The average molecular weight is 650 g/mol. The zero-order chi connectivity index (χ0) is 40.9. The van der Waals surface area contributed by atoms with E-state index < -0.39 is 24.2 Å². The van der Waals surface area contributed by atoms with Gasteiger partial charge in [-0.3, -0.25) is 0 Å². The van der Waals surface area contributed by atoms with Gasteiger partial charge in [0, 0.05) is 38.4 Å². The molecule has 0 saturated heterocycles. The fourth-order valence-corrected chi connectivity index (χ4v) is 6.56. The van der Waals surface area contributed by atoms with Gasteiger partial charge in [-0.2, -0.15) is 0 Å². The van der Waals surface area contributed by atoms with Crippen molar-refractivity contribution in [2.75, 3.05) is 0 Å². The SMILES string of the molecule is [2H]c1c([2H])c([2H])c(-c2ccc3c4c([2H])c([2H])c([2H])c([2H])c4n(-c4ccc(-c5nc(-c6ccccc6)nc(-c6cccc7c6oc6ccccc67)n5)cc4)c3c2)c([2H])c1[2H]. The Morgan fingerprint density at radius 1 is 0.460 bits per heavy atom. The molecule has 0 spiro atoms. The van der Waals surface area contributed by atoms with Crippen LogP contribution in [0.1, 0.15) is 12.3 Å². The summed E-state index contributed by atoms with van der Waals surface area (Å²) in [4.78, 5) is 14.8. The van der Waals surface area contributed by atoms with Gasteiger partial charge in [-0.1, -0.05) is 121 Å². The quantitative estimate of drug-likeness (QED) is 0.186. The Morgan fingerprint density at radius 2 is 1.14 bits per heavy atom. The first kappa shape index (κ1) is 20.5. The third-order valence-electron chi connectivity index (χ3n) is 8.88. The lowest BCUT2D eigenvalue weighted by Crippen LogP contribution is -2.01. The van der Waals surface area contributed by atoms with E-state index in [9.17, 15) is 0 Å². The van der Waals surface area contributed by atoms with Gasteiger partial charge in [0.15, 0.2) is 17.5 Å². The van der Waals surface area contributed by atoms with Crippen molar-refractivity contribution < 1.29 is 16.8 Å². The molecule has 50 heavy (non-hydrogen) atoms. The monoisotopic (exact) mass is 649 g/mol. The molecule has 0 aliphatic carbocycles. The summed E-state index contributed by atoms with van der Waals surface area (Å²) < 4.78 is 84.9. The molecule has 0 bridgehead atoms. The van der Waals surface area contributed by atoms with E-state index in [2.05, 4.69) is 0 Å². The van der Waals surface area contributed by atoms with Crippen molar-refractivity contribution >= 4 is 43.7 Å². The van der Waals surface area contributed by atoms with E-state index in [0.29, 0.717) is 56.3 Å². The first-order valence-corrected chi connectivity index (χ1v) is 16.0. The summed E-state index contributed by atoms with van der Waals surface area (Å²) in [6, 6.07) is 32.1. The van der Waals surface area contributed by atoms with Crippen LogP contribution in [0, 0.1) is 0 Å². The minimum Gasteiger partial charge on any atom is -0.455 e. The highest BCUT2D eigenvalue weighted by molar-refractivity contribution is 6.11. The van der Waals surface area contributed by atoms with Crippen molar-refractivity contribution in [3.63, 3.8) is 0 Å². The topological polar surface area (TPSA) is 56.7 Å². The van der Waals surface area contributed by atoms with Gasteiger partial charge in [-0.05, 0) is 59.6 Å². The maximum atomic E-state index is 9.02. The summed E-state index contributed by atoms with van der Waals surface area (Å²) >= 11 is 0. The van der Waals surface area contributed by atoms with E-state index in [1.54, 1.807) is 34.9 Å². The molecule has 0 radical (unpaired) electrons. The van der Waals surface area contributed by atoms with Crippen molar-refractivity contribution in [2.24, 2.45) is 0 Å². The lowest BCUT2D eigenvalue weighted by molar-refractivity contribution is 0.669. The Balaban J connectivity index is 1.18. The molecule has 5 nitrogen and oxygen atoms in total. The van der Waals surface area contributed by atoms with E-state index >= 15 is 0 Å². The van der Waals surface area contributed by atoms with Crippen LogP contribution < -0.4 is 0 Å². The van der Waals surface area contributed by atoms with Crippen molar-refractivity contribution in [2.45, 2.75) is 0 Å². The van der Waals surface area contributed by atoms with Crippen molar-refractivity contribution in [1.29, 1.82) is 0 Å². The van der Waals surface area contributed by atoms with Gasteiger partial charge in [0.25, 0.3) is 0 Å². The maximum Gasteiger partial charge on any atom is 0.167 e. The van der Waals surface area contributed by atoms with Gasteiger partial charge in [0.05, 0.1) is 28.9 Å². The molecule has 10 aromatic rings. The standard InChI is InChI=1S/C45H28N4O/c1-3-12-29(13-4-1)32-24-27-35-34-16-7-9-20-39(34)49(40(35)28-32)33-25-22-31(23-26-33)44-46-43(30-14-5-2-6-15-30)47-45(48-44)38-19-11-18-37-36-17-8-10-21-41(36)50-42(37)38/h1-28H/i1D,3D,4D,7D,9D,12D,13D,16D,20D. The Labute approximate surface area is 300 Å². The molecule has 0 N–H and O–H groups in total. The zero-order valence-corrected chi connectivity index (χ0v) is 26.2. The number of nitrogens with zero attached hydrogens (tertiary/aromatic N) is 4. The van der Waals surface area contributed by atoms with Crippen LogP contribution in [0.4, 0.5) is 0 Å². The molecular weight excluding hydrogens is 613 g/mol. The average Bonchev–Trinajstić information content (AvgIpc) is 3.83. The highest BCUT2D eigenvalue weighted by Gasteiger charge is 2.18. The molecule has 0 unspecified atom stereocenters. The van der Waals surface area contributed by atoms with Gasteiger partial charge < -0.3 is 8.98 Å². The smallest absolute Gasteiger partial charge is 0.167 e. The highest BCUT2D eigenvalue weighted by atomic mass is 16.3. The molecule has 0 atom stereocenters. The van der Waals surface area contributed by atoms with Crippen LogP contribution >= 0.6 is 0 Å². The third-order valence-corrected chi connectivity index (χ3v) is 8.88. The predicted octanol–water partition coefficient (Wildman–Crippen LogP) is 11.5. The minimum absolute atomic E-state index is 0.00260. The lowest BCUT2D eigenvalue weighted by atomic mass is 10.0. The van der Waals surface area contributed by atoms with Crippen molar-refractivity contribution in [1.82, 2.24) is 19.5 Å². The zero-order valence-electron chi connectivity index (χ0n) is 35.2. The van der Waals surface area contributed by atoms with E-state index in [0.717, 1.165) is 21.9 Å². The second-order valence-electron chi connectivity index (χ2n) is 11.8. The number of hydrogen-bond donors (Lipinski definition) is 0. The second kappa shape index (κ2) is 11.4. The number of benzene rings is 7. The molecule has 3 aromatic heterocycles. The number of furan rings is 1. The van der Waals surface area contributed by atoms with Gasteiger partial charge in [-0.25, -0.2) is 15.0 Å². The maximum absolute atomic E-state index is 9.02. The predicted molar refractivity (Wildman–Crippen MR) is 203 cm³/mol. The van der Waals surface area contributed by atoms with Crippen LogP contribution in [0.15, 0.2) is 174 Å². The highest BCUT2D eigenvalue weighted by Crippen LogP contribution is 2.37. The summed E-state index contributed by atoms with van der Waals surface area (Å²) in [7, 11) is 0. The molecule has 7 aromatic carbocycles. The molecule has 0 amide bonds. The number of fused-ring (bicyclic) bond motifs is 6. The number of hydrogen-bond acceptors (Lipinski definition) is 4. The Kier molecular flexibility index (Phi) is 4.67. The first-order valence-electron chi connectivity index (χ1n) is 20.5. The molecule has 0 aliphatic heterocycles. The molecule has 0 aliphatic rings. The van der Waals surface area contributed by atoms with E-state index in [1.165, 1.54) is 0 Å². The van der Waals surface area contributed by atoms with Gasteiger partial charge >= 0.3 is 0 Å². The van der Waals surface area contributed by atoms with E-state index in [4.69, 9.17) is 31.7 Å². The first-order chi connectivity index (χ1) is 28.5. The van der Waals surface area contributed by atoms with Crippen molar-refractivity contribution in [3.05, 3.63) is 170 Å². The van der Waals surface area contributed by atoms with Gasteiger partial charge in [-0.15, -0.1) is 0 Å². The van der Waals surface area contributed by atoms with Gasteiger partial charge in [0.1, 0.15) is 11.2 Å². The fourth-order valence-electron chi connectivity index (χ4n) is 6.56. The summed E-state index contributed by atoms with van der Waals surface area (Å²) in [5, 5.41) is 2.70. The molecule has 10 rings (SSSR count). The minimum atomic E-state index is -0.504.